The van der Waals surface area contributed by atoms with Gasteiger partial charge in [0.05, 0.1) is 0 Å². The summed E-state index contributed by atoms with van der Waals surface area (Å²) in [5, 5.41) is 16.9. The lowest BCUT2D eigenvalue weighted by molar-refractivity contribution is -0.0878. The molecule has 0 fully saturated rings. The fourth-order valence-electron chi connectivity index (χ4n) is 0.388. The highest BCUT2D eigenvalue weighted by Crippen LogP contribution is 2.24. The zero-order valence-corrected chi connectivity index (χ0v) is 6.67. The number of hydrogen-bond donors (Lipinski definition) is 2. The number of hydrogen-bond acceptors (Lipinski definition) is 2. The Bertz CT molecular complexity index is 243. The fourth-order valence-corrected chi connectivity index (χ4v) is 0.388. The summed E-state index contributed by atoms with van der Waals surface area (Å²) >= 11 is 0. The van der Waals surface area contributed by atoms with Gasteiger partial charge in [0, 0.05) is 5.57 Å². The Hall–Kier alpha value is -1.01. The average molecular weight is 192 g/mol. The van der Waals surface area contributed by atoms with Gasteiger partial charge in [0.2, 0.25) is 0 Å². The van der Waals surface area contributed by atoms with Gasteiger partial charge in [-0.25, -0.2) is 0 Å². The lowest BCUT2D eigenvalue weighted by Gasteiger charge is -2.04. The van der Waals surface area contributed by atoms with E-state index in [-0.39, 0.29) is 5.47 Å². The van der Waals surface area contributed by atoms with E-state index in [4.69, 9.17) is 10.0 Å². The Balaban J connectivity index is 4.30. The molecule has 0 rings (SSSR count). The second-order valence-electron chi connectivity index (χ2n) is 2.30. The van der Waals surface area contributed by atoms with Crippen LogP contribution in [0, 0.1) is 0 Å². The van der Waals surface area contributed by atoms with Gasteiger partial charge in [0.25, 0.3) is 0 Å². The molecule has 6 heteroatoms. The maximum atomic E-state index is 11.8. The topological polar surface area (TPSA) is 40.5 Å². The van der Waals surface area contributed by atoms with Crippen LogP contribution in [0.4, 0.5) is 13.2 Å². The summed E-state index contributed by atoms with van der Waals surface area (Å²) in [6.45, 7) is 5.85. The molecule has 0 spiro atoms. The van der Waals surface area contributed by atoms with Gasteiger partial charge in [0.1, 0.15) is 0 Å². The minimum Gasteiger partial charge on any atom is -0.423 e. The quantitative estimate of drug-likeness (QED) is 0.521. The van der Waals surface area contributed by atoms with Crippen LogP contribution in [0.5, 0.6) is 0 Å². The third-order valence-electron chi connectivity index (χ3n) is 1.19. The molecule has 0 saturated carbocycles. The normalized spacial score (nSPS) is 11.8. The van der Waals surface area contributed by atoms with Crippen molar-refractivity contribution in [3.05, 3.63) is 36.4 Å². The summed E-state index contributed by atoms with van der Waals surface area (Å²) in [5.41, 5.74) is -1.31. The molecule has 13 heavy (non-hydrogen) atoms. The molecule has 0 bridgehead atoms. The van der Waals surface area contributed by atoms with Crippen molar-refractivity contribution in [1.29, 1.82) is 0 Å². The van der Waals surface area contributed by atoms with Crippen molar-refractivity contribution >= 4 is 7.12 Å². The van der Waals surface area contributed by atoms with Gasteiger partial charge in [-0.3, -0.25) is 0 Å². The molecule has 0 heterocycles. The van der Waals surface area contributed by atoms with Crippen LogP contribution in [0.15, 0.2) is 36.4 Å². The largest absolute Gasteiger partial charge is 0.487 e. The first-order valence-corrected chi connectivity index (χ1v) is 3.24. The summed E-state index contributed by atoms with van der Waals surface area (Å²) in [5.74, 6) is 0. The van der Waals surface area contributed by atoms with E-state index in [2.05, 4.69) is 13.2 Å². The Morgan fingerprint density at radius 2 is 1.62 bits per heavy atom. The summed E-state index contributed by atoms with van der Waals surface area (Å²) in [7, 11) is -1.85. The highest BCUT2D eigenvalue weighted by molar-refractivity contribution is 6.51. The summed E-state index contributed by atoms with van der Waals surface area (Å²) in [4.78, 5) is 0. The zero-order valence-electron chi connectivity index (χ0n) is 6.67. The van der Waals surface area contributed by atoms with Crippen LogP contribution in [0.25, 0.3) is 0 Å². The third kappa shape index (κ3) is 4.54. The fraction of sp³-hybridized carbons (Fsp3) is 0.143. The molecule has 2 nitrogen and oxygen atoms in total. The van der Waals surface area contributed by atoms with Gasteiger partial charge in [-0.2, -0.15) is 13.2 Å². The molecule has 0 aliphatic heterocycles. The lowest BCUT2D eigenvalue weighted by Crippen LogP contribution is -2.13. The first-order chi connectivity index (χ1) is 5.75. The van der Waals surface area contributed by atoms with Gasteiger partial charge >= 0.3 is 13.3 Å². The number of alkyl halides is 3. The molecule has 0 amide bonds. The maximum Gasteiger partial charge on any atom is 0.487 e. The molecule has 2 N–H and O–H groups in total. The minimum atomic E-state index is -4.50. The Morgan fingerprint density at radius 3 is 1.92 bits per heavy atom. The van der Waals surface area contributed by atoms with Crippen LogP contribution in [0.1, 0.15) is 0 Å². The standard InChI is InChI=1S/C7H8BF3O2/c1-5(7(9,10)11)3-4-6(2)8(12)13/h3-4,12-13H,1-2H2/b4-3-. The van der Waals surface area contributed by atoms with Crippen molar-refractivity contribution in [2.75, 3.05) is 0 Å². The van der Waals surface area contributed by atoms with Gasteiger partial charge in [-0.05, 0) is 5.47 Å². The van der Waals surface area contributed by atoms with Crippen LogP contribution in [0.2, 0.25) is 0 Å². The van der Waals surface area contributed by atoms with E-state index < -0.39 is 18.9 Å². The van der Waals surface area contributed by atoms with E-state index in [0.717, 1.165) is 6.08 Å². The van der Waals surface area contributed by atoms with E-state index in [1.165, 1.54) is 0 Å². The summed E-state index contributed by atoms with van der Waals surface area (Å²) in [6, 6.07) is 0. The van der Waals surface area contributed by atoms with Crippen LogP contribution >= 0.6 is 0 Å². The number of allylic oxidation sites excluding steroid dienone is 4. The maximum absolute atomic E-state index is 11.8. The molecular weight excluding hydrogens is 184 g/mol. The van der Waals surface area contributed by atoms with Gasteiger partial charge < -0.3 is 10.0 Å². The molecule has 0 unspecified atom stereocenters. The van der Waals surface area contributed by atoms with Crippen molar-refractivity contribution in [1.82, 2.24) is 0 Å². The molecular formula is C7H8BF3O2. The van der Waals surface area contributed by atoms with Crippen molar-refractivity contribution in [3.63, 3.8) is 0 Å². The summed E-state index contributed by atoms with van der Waals surface area (Å²) in [6.07, 6.45) is -3.03. The highest BCUT2D eigenvalue weighted by Gasteiger charge is 2.29. The monoisotopic (exact) mass is 192 g/mol. The van der Waals surface area contributed by atoms with Crippen LogP contribution in [0.3, 0.4) is 0 Å². The SMILES string of the molecule is C=C(/C=C\C(=C)C(F)(F)F)B(O)O. The molecule has 0 aliphatic rings. The van der Waals surface area contributed by atoms with E-state index in [1.807, 2.05) is 0 Å². The predicted octanol–water partition coefficient (Wildman–Crippen LogP) is 1.23. The van der Waals surface area contributed by atoms with E-state index in [0.29, 0.717) is 6.08 Å². The van der Waals surface area contributed by atoms with Gasteiger partial charge in [-0.15, -0.1) is 0 Å². The second-order valence-corrected chi connectivity index (χ2v) is 2.30. The first kappa shape index (κ1) is 12.0. The van der Waals surface area contributed by atoms with Crippen LogP contribution in [-0.2, 0) is 0 Å². The van der Waals surface area contributed by atoms with Crippen LogP contribution in [-0.4, -0.2) is 23.3 Å². The molecule has 72 valence electrons. The highest BCUT2D eigenvalue weighted by atomic mass is 19.4. The zero-order chi connectivity index (χ0) is 10.6. The smallest absolute Gasteiger partial charge is 0.423 e. The Kier molecular flexibility index (Phi) is 3.96. The molecule has 0 atom stereocenters. The Labute approximate surface area is 73.8 Å². The lowest BCUT2D eigenvalue weighted by atomic mass is 9.80. The number of halogens is 3. The first-order valence-electron chi connectivity index (χ1n) is 3.24. The molecule has 0 aromatic rings. The van der Waals surface area contributed by atoms with Crippen molar-refractivity contribution < 1.29 is 23.2 Å². The van der Waals surface area contributed by atoms with Gasteiger partial charge in [-0.1, -0.05) is 25.3 Å². The average Bonchev–Trinajstić information content (AvgIpc) is 1.97. The Morgan fingerprint density at radius 1 is 1.15 bits per heavy atom. The third-order valence-corrected chi connectivity index (χ3v) is 1.19. The van der Waals surface area contributed by atoms with Crippen LogP contribution < -0.4 is 0 Å². The van der Waals surface area contributed by atoms with E-state index in [1.54, 1.807) is 0 Å². The molecule has 0 aromatic carbocycles. The van der Waals surface area contributed by atoms with E-state index in [9.17, 15) is 13.2 Å². The molecule has 0 aliphatic carbocycles. The van der Waals surface area contributed by atoms with Crippen molar-refractivity contribution in [3.8, 4) is 0 Å². The summed E-state index contributed by atoms with van der Waals surface area (Å²) < 4.78 is 35.4. The minimum absolute atomic E-state index is 0.231. The predicted molar refractivity (Wildman–Crippen MR) is 43.7 cm³/mol. The van der Waals surface area contributed by atoms with Crippen molar-refractivity contribution in [2.45, 2.75) is 6.18 Å². The second kappa shape index (κ2) is 4.29. The number of rotatable bonds is 3. The van der Waals surface area contributed by atoms with E-state index >= 15 is 0 Å². The van der Waals surface area contributed by atoms with Gasteiger partial charge in [0.15, 0.2) is 0 Å². The molecule has 0 saturated heterocycles. The molecule has 0 radical (unpaired) electrons. The molecule has 0 aromatic heterocycles. The van der Waals surface area contributed by atoms with Crippen molar-refractivity contribution in [2.24, 2.45) is 0 Å².